The third-order valence-corrected chi connectivity index (χ3v) is 2.97. The van der Waals surface area contributed by atoms with Crippen molar-refractivity contribution in [3.63, 3.8) is 0 Å². The summed E-state index contributed by atoms with van der Waals surface area (Å²) in [5, 5.41) is 6.11. The van der Waals surface area contributed by atoms with Crippen LogP contribution in [0.4, 0.5) is 0 Å². The molecule has 2 aliphatic heterocycles. The van der Waals surface area contributed by atoms with Crippen LogP contribution in [0.25, 0.3) is 0 Å². The van der Waals surface area contributed by atoms with Crippen LogP contribution in [0.2, 0.25) is 0 Å². The lowest BCUT2D eigenvalue weighted by molar-refractivity contribution is -0.125. The van der Waals surface area contributed by atoms with E-state index in [0.717, 1.165) is 32.5 Å². The van der Waals surface area contributed by atoms with Crippen LogP contribution in [0.5, 0.6) is 0 Å². The summed E-state index contributed by atoms with van der Waals surface area (Å²) in [5.41, 5.74) is 0. The van der Waals surface area contributed by atoms with E-state index in [2.05, 4.69) is 10.6 Å². The highest BCUT2D eigenvalue weighted by atomic mass is 16.5. The number of ether oxygens (including phenoxy) is 2. The van der Waals surface area contributed by atoms with E-state index >= 15 is 0 Å². The fraction of sp³-hybridized carbons (Fsp3) is 0.909. The first-order valence-electron chi connectivity index (χ1n) is 6.05. The molecule has 16 heavy (non-hydrogen) atoms. The summed E-state index contributed by atoms with van der Waals surface area (Å²) in [6.45, 7) is 3.82. The molecule has 2 atom stereocenters. The van der Waals surface area contributed by atoms with Gasteiger partial charge in [0.15, 0.2) is 0 Å². The van der Waals surface area contributed by atoms with Crippen LogP contribution in [0.3, 0.4) is 0 Å². The molecule has 0 radical (unpaired) electrons. The summed E-state index contributed by atoms with van der Waals surface area (Å²) in [5.74, 6) is 0.0594. The van der Waals surface area contributed by atoms with Crippen LogP contribution >= 0.6 is 0 Å². The predicted molar refractivity (Wildman–Crippen MR) is 59.2 cm³/mol. The van der Waals surface area contributed by atoms with E-state index in [1.165, 1.54) is 0 Å². The van der Waals surface area contributed by atoms with Gasteiger partial charge in [0.25, 0.3) is 0 Å². The minimum absolute atomic E-state index is 0.0262. The first kappa shape index (κ1) is 11.8. The molecule has 2 heterocycles. The highest BCUT2D eigenvalue weighted by Crippen LogP contribution is 2.10. The van der Waals surface area contributed by atoms with Crippen molar-refractivity contribution in [2.24, 2.45) is 0 Å². The topological polar surface area (TPSA) is 59.6 Å². The average molecular weight is 228 g/mol. The van der Waals surface area contributed by atoms with Crippen molar-refractivity contribution in [3.05, 3.63) is 0 Å². The highest BCUT2D eigenvalue weighted by molar-refractivity contribution is 5.76. The van der Waals surface area contributed by atoms with Gasteiger partial charge < -0.3 is 20.1 Å². The molecule has 1 amide bonds. The maximum absolute atomic E-state index is 11.6. The minimum Gasteiger partial charge on any atom is -0.376 e. The third-order valence-electron chi connectivity index (χ3n) is 2.97. The van der Waals surface area contributed by atoms with Crippen LogP contribution < -0.4 is 10.6 Å². The molecule has 0 aliphatic carbocycles. The third kappa shape index (κ3) is 3.73. The fourth-order valence-electron chi connectivity index (χ4n) is 2.06. The number of rotatable bonds is 4. The largest absolute Gasteiger partial charge is 0.376 e. The molecule has 2 rings (SSSR count). The Morgan fingerprint density at radius 1 is 1.31 bits per heavy atom. The molecule has 0 spiro atoms. The molecule has 0 aromatic rings. The van der Waals surface area contributed by atoms with Gasteiger partial charge in [-0.3, -0.25) is 4.79 Å². The summed E-state index contributed by atoms with van der Waals surface area (Å²) in [7, 11) is 0. The van der Waals surface area contributed by atoms with Crippen LogP contribution in [0, 0.1) is 0 Å². The summed E-state index contributed by atoms with van der Waals surface area (Å²) in [6.07, 6.45) is 2.85. The molecule has 2 fully saturated rings. The van der Waals surface area contributed by atoms with E-state index in [1.807, 2.05) is 0 Å². The Labute approximate surface area is 95.9 Å². The Morgan fingerprint density at radius 3 is 2.88 bits per heavy atom. The second-order valence-corrected chi connectivity index (χ2v) is 4.34. The van der Waals surface area contributed by atoms with Gasteiger partial charge in [0.2, 0.25) is 5.91 Å². The smallest absolute Gasteiger partial charge is 0.222 e. The standard InChI is InChI=1S/C11H20N2O3/c14-11(6-10-7-12-3-5-16-10)13-8-9-2-1-4-15-9/h9-10,12H,1-8H2,(H,13,14). The molecular formula is C11H20N2O3. The van der Waals surface area contributed by atoms with Crippen molar-refractivity contribution in [2.45, 2.75) is 31.5 Å². The van der Waals surface area contributed by atoms with Crippen molar-refractivity contribution in [1.29, 1.82) is 0 Å². The van der Waals surface area contributed by atoms with Gasteiger partial charge in [-0.25, -0.2) is 0 Å². The molecule has 5 heteroatoms. The lowest BCUT2D eigenvalue weighted by Gasteiger charge is -2.23. The number of amides is 1. The van der Waals surface area contributed by atoms with Crippen LogP contribution in [-0.2, 0) is 14.3 Å². The van der Waals surface area contributed by atoms with Crippen molar-refractivity contribution in [1.82, 2.24) is 10.6 Å². The van der Waals surface area contributed by atoms with Gasteiger partial charge in [0, 0.05) is 26.2 Å². The highest BCUT2D eigenvalue weighted by Gasteiger charge is 2.19. The maximum Gasteiger partial charge on any atom is 0.222 e. The van der Waals surface area contributed by atoms with Crippen molar-refractivity contribution in [3.8, 4) is 0 Å². The average Bonchev–Trinajstić information content (AvgIpc) is 2.81. The Hall–Kier alpha value is -0.650. The van der Waals surface area contributed by atoms with Gasteiger partial charge in [-0.15, -0.1) is 0 Å². The van der Waals surface area contributed by atoms with Gasteiger partial charge in [0.05, 0.1) is 25.2 Å². The molecule has 0 aromatic carbocycles. The van der Waals surface area contributed by atoms with E-state index in [-0.39, 0.29) is 18.1 Å². The predicted octanol–water partition coefficient (Wildman–Crippen LogP) is -0.340. The zero-order chi connectivity index (χ0) is 11.2. The number of hydrogen-bond donors (Lipinski definition) is 2. The second kappa shape index (κ2) is 6.18. The van der Waals surface area contributed by atoms with Gasteiger partial charge >= 0.3 is 0 Å². The fourth-order valence-corrected chi connectivity index (χ4v) is 2.06. The lowest BCUT2D eigenvalue weighted by atomic mass is 10.2. The van der Waals surface area contributed by atoms with E-state index in [9.17, 15) is 4.79 Å². The second-order valence-electron chi connectivity index (χ2n) is 4.34. The Morgan fingerprint density at radius 2 is 2.19 bits per heavy atom. The molecule has 0 aromatic heterocycles. The van der Waals surface area contributed by atoms with Crippen LogP contribution in [0.15, 0.2) is 0 Å². The number of carbonyl (C=O) groups is 1. The Bertz CT molecular complexity index is 223. The number of hydrogen-bond acceptors (Lipinski definition) is 4. The maximum atomic E-state index is 11.6. The molecule has 2 saturated heterocycles. The van der Waals surface area contributed by atoms with Gasteiger partial charge in [0.1, 0.15) is 0 Å². The molecule has 5 nitrogen and oxygen atoms in total. The van der Waals surface area contributed by atoms with Gasteiger partial charge in [-0.05, 0) is 12.8 Å². The molecule has 92 valence electrons. The zero-order valence-electron chi connectivity index (χ0n) is 9.54. The number of morpholine rings is 1. The first-order chi connectivity index (χ1) is 7.84. The molecule has 0 bridgehead atoms. The summed E-state index contributed by atoms with van der Waals surface area (Å²) < 4.78 is 10.9. The van der Waals surface area contributed by atoms with Gasteiger partial charge in [-0.1, -0.05) is 0 Å². The van der Waals surface area contributed by atoms with Gasteiger partial charge in [-0.2, -0.15) is 0 Å². The SMILES string of the molecule is O=C(CC1CNCCO1)NCC1CCCO1. The monoisotopic (exact) mass is 228 g/mol. The quantitative estimate of drug-likeness (QED) is 0.691. The minimum atomic E-state index is 0.0262. The Kier molecular flexibility index (Phi) is 4.56. The number of nitrogens with one attached hydrogen (secondary N) is 2. The lowest BCUT2D eigenvalue weighted by Crippen LogP contribution is -2.42. The zero-order valence-corrected chi connectivity index (χ0v) is 9.54. The summed E-state index contributed by atoms with van der Waals surface area (Å²) in [6, 6.07) is 0. The van der Waals surface area contributed by atoms with E-state index in [4.69, 9.17) is 9.47 Å². The van der Waals surface area contributed by atoms with Crippen LogP contribution in [-0.4, -0.2) is 51.0 Å². The molecule has 0 saturated carbocycles. The van der Waals surface area contributed by atoms with Crippen molar-refractivity contribution >= 4 is 5.91 Å². The normalized spacial score (nSPS) is 30.2. The van der Waals surface area contributed by atoms with E-state index in [0.29, 0.717) is 19.6 Å². The first-order valence-corrected chi connectivity index (χ1v) is 6.05. The van der Waals surface area contributed by atoms with Crippen molar-refractivity contribution in [2.75, 3.05) is 32.8 Å². The molecule has 2 unspecified atom stereocenters. The summed E-state index contributed by atoms with van der Waals surface area (Å²) in [4.78, 5) is 11.6. The van der Waals surface area contributed by atoms with Crippen molar-refractivity contribution < 1.29 is 14.3 Å². The van der Waals surface area contributed by atoms with E-state index < -0.39 is 0 Å². The summed E-state index contributed by atoms with van der Waals surface area (Å²) >= 11 is 0. The Balaban J connectivity index is 1.59. The molecule has 2 N–H and O–H groups in total. The molecular weight excluding hydrogens is 208 g/mol. The number of carbonyl (C=O) groups excluding carboxylic acids is 1. The van der Waals surface area contributed by atoms with Crippen LogP contribution in [0.1, 0.15) is 19.3 Å². The van der Waals surface area contributed by atoms with E-state index in [1.54, 1.807) is 0 Å². The molecule has 2 aliphatic rings.